The smallest absolute Gasteiger partial charge is 0.190 e. The summed E-state index contributed by atoms with van der Waals surface area (Å²) in [6.07, 6.45) is 3.41. The Morgan fingerprint density at radius 2 is 1.95 bits per heavy atom. The first-order valence-electron chi connectivity index (χ1n) is 6.43. The van der Waals surface area contributed by atoms with Crippen LogP contribution in [-0.2, 0) is 0 Å². The van der Waals surface area contributed by atoms with E-state index in [1.165, 1.54) is 12.1 Å². The van der Waals surface area contributed by atoms with Gasteiger partial charge in [0, 0.05) is 17.7 Å². The summed E-state index contributed by atoms with van der Waals surface area (Å²) in [6.45, 7) is -0.0222. The van der Waals surface area contributed by atoms with E-state index in [0.717, 1.165) is 5.56 Å². The number of benzene rings is 1. The number of aromatic amines is 1. The predicted molar refractivity (Wildman–Crippen MR) is 79.3 cm³/mol. The molecule has 0 aliphatic carbocycles. The van der Waals surface area contributed by atoms with Crippen LogP contribution in [0.2, 0.25) is 0 Å². The van der Waals surface area contributed by atoms with E-state index in [1.807, 2.05) is 12.1 Å². The van der Waals surface area contributed by atoms with Crippen LogP contribution >= 0.6 is 0 Å². The quantitative estimate of drug-likeness (QED) is 0.692. The van der Waals surface area contributed by atoms with Crippen molar-refractivity contribution in [1.29, 1.82) is 0 Å². The maximum Gasteiger partial charge on any atom is 0.190 e. The minimum Gasteiger partial charge on any atom is -0.495 e. The standard InChI is InChI=1S/C16H13FN2O2/c17-12-8-13-14(9-15(21)18-13)19-16(12)11-5-3-10(4-6-11)2-1-7-20/h1-6,8-9,18,20-21H,7H2/b2-1+. The number of pyridine rings is 1. The van der Waals surface area contributed by atoms with Gasteiger partial charge < -0.3 is 15.2 Å². The number of hydrogen-bond acceptors (Lipinski definition) is 3. The predicted octanol–water partition coefficient (Wildman–Crippen LogP) is 3.08. The van der Waals surface area contributed by atoms with Gasteiger partial charge in [-0.2, -0.15) is 0 Å². The molecule has 0 unspecified atom stereocenters. The lowest BCUT2D eigenvalue weighted by atomic mass is 10.1. The molecule has 1 aromatic carbocycles. The van der Waals surface area contributed by atoms with E-state index in [2.05, 4.69) is 9.97 Å². The lowest BCUT2D eigenvalue weighted by Gasteiger charge is -2.04. The molecule has 0 amide bonds. The highest BCUT2D eigenvalue weighted by atomic mass is 19.1. The molecule has 0 atom stereocenters. The summed E-state index contributed by atoms with van der Waals surface area (Å²) in [5.41, 5.74) is 2.76. The largest absolute Gasteiger partial charge is 0.495 e. The summed E-state index contributed by atoms with van der Waals surface area (Å²) >= 11 is 0. The number of aliphatic hydroxyl groups excluding tert-OH is 1. The first kappa shape index (κ1) is 13.3. The molecule has 0 spiro atoms. The number of fused-ring (bicyclic) bond motifs is 1. The zero-order valence-corrected chi connectivity index (χ0v) is 11.0. The molecule has 0 saturated heterocycles. The summed E-state index contributed by atoms with van der Waals surface area (Å²) in [5, 5.41) is 18.1. The molecule has 5 heteroatoms. The van der Waals surface area contributed by atoms with E-state index < -0.39 is 5.82 Å². The highest BCUT2D eigenvalue weighted by Crippen LogP contribution is 2.26. The zero-order valence-electron chi connectivity index (χ0n) is 11.0. The van der Waals surface area contributed by atoms with Crippen molar-refractivity contribution in [1.82, 2.24) is 9.97 Å². The average molecular weight is 284 g/mol. The number of halogens is 1. The topological polar surface area (TPSA) is 69.1 Å². The van der Waals surface area contributed by atoms with Crippen LogP contribution in [0.5, 0.6) is 5.88 Å². The second kappa shape index (κ2) is 5.38. The number of aromatic nitrogens is 2. The second-order valence-corrected chi connectivity index (χ2v) is 4.61. The van der Waals surface area contributed by atoms with Crippen molar-refractivity contribution < 1.29 is 14.6 Å². The van der Waals surface area contributed by atoms with Gasteiger partial charge in [-0.1, -0.05) is 36.4 Å². The number of nitrogens with zero attached hydrogens (tertiary/aromatic N) is 1. The number of nitrogens with one attached hydrogen (secondary N) is 1. The number of aromatic hydroxyl groups is 1. The number of hydrogen-bond donors (Lipinski definition) is 3. The van der Waals surface area contributed by atoms with Crippen LogP contribution < -0.4 is 0 Å². The number of aliphatic hydroxyl groups is 1. The van der Waals surface area contributed by atoms with Crippen LogP contribution in [0.1, 0.15) is 5.56 Å². The van der Waals surface area contributed by atoms with Gasteiger partial charge in [-0.3, -0.25) is 0 Å². The Hall–Kier alpha value is -2.66. The fourth-order valence-electron chi connectivity index (χ4n) is 2.16. The third-order valence-corrected chi connectivity index (χ3v) is 3.14. The molecule has 2 aromatic heterocycles. The van der Waals surface area contributed by atoms with Crippen LogP contribution in [0.15, 0.2) is 42.5 Å². The van der Waals surface area contributed by atoms with E-state index in [4.69, 9.17) is 5.11 Å². The Kier molecular flexibility index (Phi) is 3.41. The Morgan fingerprint density at radius 3 is 2.67 bits per heavy atom. The summed E-state index contributed by atoms with van der Waals surface area (Å²) in [7, 11) is 0. The third-order valence-electron chi connectivity index (χ3n) is 3.14. The summed E-state index contributed by atoms with van der Waals surface area (Å²) < 4.78 is 14.1. The number of H-pyrrole nitrogens is 1. The van der Waals surface area contributed by atoms with Crippen LogP contribution in [-0.4, -0.2) is 26.8 Å². The fraction of sp³-hybridized carbons (Fsp3) is 0.0625. The summed E-state index contributed by atoms with van der Waals surface area (Å²) in [5.74, 6) is -0.499. The molecule has 3 N–H and O–H groups in total. The molecular weight excluding hydrogens is 271 g/mol. The normalized spacial score (nSPS) is 11.5. The third kappa shape index (κ3) is 2.64. The van der Waals surface area contributed by atoms with Crippen LogP contribution in [0.3, 0.4) is 0 Å². The maximum absolute atomic E-state index is 14.1. The van der Waals surface area contributed by atoms with Crippen LogP contribution in [0.4, 0.5) is 4.39 Å². The first-order chi connectivity index (χ1) is 10.2. The fourth-order valence-corrected chi connectivity index (χ4v) is 2.16. The Bertz CT molecular complexity index is 807. The SMILES string of the molecule is OC/C=C/c1ccc(-c2nc3cc(O)[nH]c3cc2F)cc1. The molecule has 106 valence electrons. The number of rotatable bonds is 3. The first-order valence-corrected chi connectivity index (χ1v) is 6.43. The van der Waals surface area contributed by atoms with Crippen molar-refractivity contribution in [3.8, 4) is 17.1 Å². The van der Waals surface area contributed by atoms with E-state index in [9.17, 15) is 9.50 Å². The van der Waals surface area contributed by atoms with Crippen molar-refractivity contribution in [2.24, 2.45) is 0 Å². The van der Waals surface area contributed by atoms with Gasteiger partial charge in [-0.15, -0.1) is 0 Å². The lowest BCUT2D eigenvalue weighted by molar-refractivity contribution is 0.343. The molecule has 0 radical (unpaired) electrons. The molecule has 2 heterocycles. The van der Waals surface area contributed by atoms with Gasteiger partial charge in [0.05, 0.1) is 17.6 Å². The van der Waals surface area contributed by atoms with E-state index >= 15 is 0 Å². The van der Waals surface area contributed by atoms with Crippen molar-refractivity contribution in [2.45, 2.75) is 0 Å². The molecule has 3 aromatic rings. The molecule has 0 bridgehead atoms. The van der Waals surface area contributed by atoms with E-state index in [1.54, 1.807) is 24.3 Å². The van der Waals surface area contributed by atoms with Gasteiger partial charge in [-0.05, 0) is 5.56 Å². The van der Waals surface area contributed by atoms with Crippen molar-refractivity contribution in [3.63, 3.8) is 0 Å². The monoisotopic (exact) mass is 284 g/mol. The van der Waals surface area contributed by atoms with Crippen molar-refractivity contribution in [2.75, 3.05) is 6.61 Å². The van der Waals surface area contributed by atoms with Gasteiger partial charge in [0.1, 0.15) is 5.69 Å². The van der Waals surface area contributed by atoms with Crippen LogP contribution in [0, 0.1) is 5.82 Å². The van der Waals surface area contributed by atoms with Crippen molar-refractivity contribution >= 4 is 17.1 Å². The van der Waals surface area contributed by atoms with Gasteiger partial charge in [-0.25, -0.2) is 9.37 Å². The summed E-state index contributed by atoms with van der Waals surface area (Å²) in [6, 6.07) is 9.94. The van der Waals surface area contributed by atoms with Crippen LogP contribution in [0.25, 0.3) is 28.4 Å². The molecule has 4 nitrogen and oxygen atoms in total. The minimum atomic E-state index is -0.456. The molecular formula is C16H13FN2O2. The molecule has 21 heavy (non-hydrogen) atoms. The van der Waals surface area contributed by atoms with Gasteiger partial charge in [0.2, 0.25) is 0 Å². The van der Waals surface area contributed by atoms with Gasteiger partial charge in [0.15, 0.2) is 11.7 Å². The Labute approximate surface area is 120 Å². The molecule has 3 rings (SSSR count). The average Bonchev–Trinajstić information content (AvgIpc) is 2.84. The van der Waals surface area contributed by atoms with E-state index in [0.29, 0.717) is 16.6 Å². The highest BCUT2D eigenvalue weighted by Gasteiger charge is 2.11. The van der Waals surface area contributed by atoms with Crippen molar-refractivity contribution in [3.05, 3.63) is 53.9 Å². The van der Waals surface area contributed by atoms with Gasteiger partial charge >= 0.3 is 0 Å². The Morgan fingerprint density at radius 1 is 1.19 bits per heavy atom. The molecule has 0 saturated carbocycles. The lowest BCUT2D eigenvalue weighted by Crippen LogP contribution is -1.90. The van der Waals surface area contributed by atoms with E-state index in [-0.39, 0.29) is 18.2 Å². The maximum atomic E-state index is 14.1. The second-order valence-electron chi connectivity index (χ2n) is 4.61. The molecule has 0 aliphatic heterocycles. The molecule has 0 fully saturated rings. The van der Waals surface area contributed by atoms with Gasteiger partial charge in [0.25, 0.3) is 0 Å². The Balaban J connectivity index is 2.02. The zero-order chi connectivity index (χ0) is 14.8. The minimum absolute atomic E-state index is 0.0222. The summed E-state index contributed by atoms with van der Waals surface area (Å²) in [4.78, 5) is 6.86. The highest BCUT2D eigenvalue weighted by molar-refractivity contribution is 5.80. The molecule has 0 aliphatic rings.